The van der Waals surface area contributed by atoms with E-state index >= 15 is 0 Å². The molecule has 6 rings (SSSR count). The van der Waals surface area contributed by atoms with Crippen molar-refractivity contribution in [3.63, 3.8) is 0 Å². The van der Waals surface area contributed by atoms with Crippen LogP contribution in [0.1, 0.15) is 85.0 Å². The molecule has 1 atom stereocenters. The van der Waals surface area contributed by atoms with Crippen molar-refractivity contribution in [2.24, 2.45) is 0 Å². The Balaban J connectivity index is 0.000000199. The van der Waals surface area contributed by atoms with Crippen molar-refractivity contribution in [1.29, 1.82) is 0 Å². The van der Waals surface area contributed by atoms with Crippen molar-refractivity contribution < 1.29 is 24.2 Å². The SMILES string of the molecule is CC(=O)N1CCN(C2CN(C(c3ccccc3)c3ccccc3)C2)CC1.CC(Cl)OC(=O)Cl.O=C(O)c1ccc(C2CCCCC2)cc1. The van der Waals surface area contributed by atoms with Gasteiger partial charge in [-0.3, -0.25) is 14.6 Å². The van der Waals surface area contributed by atoms with Gasteiger partial charge in [0.15, 0.2) is 5.56 Å². The lowest BCUT2D eigenvalue weighted by Crippen LogP contribution is -2.63. The molecule has 8 nitrogen and oxygen atoms in total. The van der Waals surface area contributed by atoms with Crippen molar-refractivity contribution in [3.8, 4) is 0 Å². The second kappa shape index (κ2) is 18.9. The van der Waals surface area contributed by atoms with E-state index in [1.807, 2.05) is 17.0 Å². The van der Waals surface area contributed by atoms with Gasteiger partial charge in [-0.05, 0) is 54.5 Å². The standard InChI is InChI=1S/C22H27N3O.C13H16O2.C3H4Cl2O2/c1-18(26)23-12-14-24(15-13-23)21-16-25(17-21)22(19-8-4-2-5-9-19)20-10-6-3-7-11-20;14-13(15)12-8-6-11(7-9-12)10-4-2-1-3-5-10;1-2(4)7-3(5)6/h2-11,21-22H,12-17H2,1H3;6-10H,1-5H2,(H,14,15);2H,1H3. The summed E-state index contributed by atoms with van der Waals surface area (Å²) >= 11 is 9.87. The van der Waals surface area contributed by atoms with Crippen LogP contribution in [0, 0.1) is 0 Å². The summed E-state index contributed by atoms with van der Waals surface area (Å²) in [6.07, 6.45) is 6.49. The van der Waals surface area contributed by atoms with Gasteiger partial charge in [0.25, 0.3) is 0 Å². The number of carboxylic acids is 1. The van der Waals surface area contributed by atoms with Gasteiger partial charge in [0, 0.05) is 63.8 Å². The molecule has 3 aliphatic rings. The van der Waals surface area contributed by atoms with Crippen molar-refractivity contribution in [2.75, 3.05) is 39.3 Å². The second-order valence-electron chi connectivity index (χ2n) is 12.5. The Morgan fingerprint density at radius 1 is 0.792 bits per heavy atom. The van der Waals surface area contributed by atoms with Gasteiger partial charge in [-0.25, -0.2) is 9.59 Å². The summed E-state index contributed by atoms with van der Waals surface area (Å²) < 4.78 is 4.14. The zero-order chi connectivity index (χ0) is 34.5. The molecule has 2 saturated heterocycles. The monoisotopic (exact) mass is 695 g/mol. The minimum absolute atomic E-state index is 0.202. The summed E-state index contributed by atoms with van der Waals surface area (Å²) in [7, 11) is 0. The van der Waals surface area contributed by atoms with Crippen LogP contribution >= 0.6 is 23.2 Å². The fourth-order valence-corrected chi connectivity index (χ4v) is 6.94. The number of alkyl halides is 1. The van der Waals surface area contributed by atoms with Crippen LogP contribution in [0.3, 0.4) is 0 Å². The third-order valence-electron chi connectivity index (χ3n) is 9.25. The number of halogens is 2. The fraction of sp³-hybridized carbons (Fsp3) is 0.447. The molecular formula is C38H47Cl2N3O5. The van der Waals surface area contributed by atoms with E-state index in [2.05, 4.69) is 75.2 Å². The lowest BCUT2D eigenvalue weighted by molar-refractivity contribution is -0.131. The summed E-state index contributed by atoms with van der Waals surface area (Å²) in [6, 6.07) is 29.9. The Labute approximate surface area is 294 Å². The fourth-order valence-electron chi connectivity index (χ4n) is 6.68. The summed E-state index contributed by atoms with van der Waals surface area (Å²) in [4.78, 5) is 39.0. The first-order valence-corrected chi connectivity index (χ1v) is 17.6. The molecule has 0 radical (unpaired) electrons. The molecule has 10 heteroatoms. The zero-order valence-electron chi connectivity index (χ0n) is 27.8. The van der Waals surface area contributed by atoms with Crippen molar-refractivity contribution in [1.82, 2.24) is 14.7 Å². The maximum atomic E-state index is 11.5. The minimum Gasteiger partial charge on any atom is -0.478 e. The largest absolute Gasteiger partial charge is 0.478 e. The van der Waals surface area contributed by atoms with E-state index in [1.54, 1.807) is 19.1 Å². The van der Waals surface area contributed by atoms with Crippen LogP contribution in [-0.4, -0.2) is 88.0 Å². The van der Waals surface area contributed by atoms with Crippen LogP contribution in [0.5, 0.6) is 0 Å². The number of rotatable bonds is 7. The third-order valence-corrected chi connectivity index (χ3v) is 9.43. The number of benzene rings is 3. The lowest BCUT2D eigenvalue weighted by Gasteiger charge is -2.51. The summed E-state index contributed by atoms with van der Waals surface area (Å²) in [5, 5.41) is 8.79. The van der Waals surface area contributed by atoms with Crippen molar-refractivity contribution in [2.45, 2.75) is 69.5 Å². The molecular weight excluding hydrogens is 649 g/mol. The van der Waals surface area contributed by atoms with Gasteiger partial charge in [0.1, 0.15) is 0 Å². The number of amides is 1. The summed E-state index contributed by atoms with van der Waals surface area (Å²) in [5.74, 6) is 0.0138. The molecule has 3 aromatic rings. The van der Waals surface area contributed by atoms with E-state index in [-0.39, 0.29) is 5.91 Å². The first kappa shape index (κ1) is 37.4. The average Bonchev–Trinajstić information content (AvgIpc) is 3.07. The number of carbonyl (C=O) groups excluding carboxylic acids is 2. The minimum atomic E-state index is -0.873. The highest BCUT2D eigenvalue weighted by Gasteiger charge is 2.38. The van der Waals surface area contributed by atoms with E-state index in [4.69, 9.17) is 28.3 Å². The number of nitrogens with zero attached hydrogens (tertiary/aromatic N) is 3. The highest BCUT2D eigenvalue weighted by atomic mass is 35.5. The third kappa shape index (κ3) is 11.3. The number of hydrogen-bond donors (Lipinski definition) is 1. The number of piperazine rings is 1. The molecule has 258 valence electrons. The predicted octanol–water partition coefficient (Wildman–Crippen LogP) is 8.00. The van der Waals surface area contributed by atoms with Gasteiger partial charge in [0.05, 0.1) is 11.6 Å². The first-order valence-electron chi connectivity index (χ1n) is 16.8. The molecule has 3 aromatic carbocycles. The quantitative estimate of drug-likeness (QED) is 0.198. The second-order valence-corrected chi connectivity index (χ2v) is 13.5. The summed E-state index contributed by atoms with van der Waals surface area (Å²) in [6.45, 7) is 9.09. The number of carbonyl (C=O) groups is 3. The molecule has 0 spiro atoms. The van der Waals surface area contributed by atoms with E-state index in [0.29, 0.717) is 23.6 Å². The predicted molar refractivity (Wildman–Crippen MR) is 191 cm³/mol. The van der Waals surface area contributed by atoms with E-state index in [9.17, 15) is 14.4 Å². The van der Waals surface area contributed by atoms with E-state index < -0.39 is 17.0 Å². The van der Waals surface area contributed by atoms with Gasteiger partial charge in [-0.15, -0.1) is 0 Å². The maximum Gasteiger partial charge on any atom is 0.405 e. The number of carboxylic acid groups (broad SMARTS) is 1. The molecule has 1 saturated carbocycles. The molecule has 0 aromatic heterocycles. The van der Waals surface area contributed by atoms with Crippen LogP contribution in [-0.2, 0) is 9.53 Å². The first-order chi connectivity index (χ1) is 23.1. The molecule has 48 heavy (non-hydrogen) atoms. The molecule has 1 N–H and O–H groups in total. The Bertz CT molecular complexity index is 1380. The maximum absolute atomic E-state index is 11.5. The van der Waals surface area contributed by atoms with E-state index in [0.717, 1.165) is 39.3 Å². The Morgan fingerprint density at radius 3 is 1.73 bits per heavy atom. The number of hydrogen-bond acceptors (Lipinski definition) is 6. The lowest BCUT2D eigenvalue weighted by atomic mass is 9.84. The molecule has 3 fully saturated rings. The average molecular weight is 697 g/mol. The van der Waals surface area contributed by atoms with Crippen LogP contribution in [0.25, 0.3) is 0 Å². The van der Waals surface area contributed by atoms with Crippen molar-refractivity contribution >= 4 is 40.5 Å². The Hall–Kier alpha value is -3.43. The topological polar surface area (TPSA) is 90.4 Å². The van der Waals surface area contributed by atoms with Crippen molar-refractivity contribution in [3.05, 3.63) is 107 Å². The summed E-state index contributed by atoms with van der Waals surface area (Å²) in [5.41, 5.74) is 2.90. The van der Waals surface area contributed by atoms with Crippen LogP contribution < -0.4 is 0 Å². The Kier molecular flexibility index (Phi) is 14.8. The molecule has 2 aliphatic heterocycles. The van der Waals surface area contributed by atoms with Gasteiger partial charge in [-0.1, -0.05) is 104 Å². The van der Waals surface area contributed by atoms with Gasteiger partial charge in [-0.2, -0.15) is 0 Å². The smallest absolute Gasteiger partial charge is 0.405 e. The van der Waals surface area contributed by atoms with Gasteiger partial charge >= 0.3 is 11.4 Å². The molecule has 1 aliphatic carbocycles. The van der Waals surface area contributed by atoms with E-state index in [1.165, 1.54) is 55.7 Å². The molecule has 0 bridgehead atoms. The molecule has 1 amide bonds. The van der Waals surface area contributed by atoms with Crippen LogP contribution in [0.15, 0.2) is 84.9 Å². The normalized spacial score (nSPS) is 18.0. The number of aromatic carboxylic acids is 1. The van der Waals surface area contributed by atoms with Crippen LogP contribution in [0.4, 0.5) is 4.79 Å². The molecule has 2 heterocycles. The highest BCUT2D eigenvalue weighted by molar-refractivity contribution is 6.61. The Morgan fingerprint density at radius 2 is 1.31 bits per heavy atom. The zero-order valence-corrected chi connectivity index (χ0v) is 29.4. The molecule has 1 unspecified atom stereocenters. The number of ether oxygens (including phenoxy) is 1. The van der Waals surface area contributed by atoms with Gasteiger partial charge < -0.3 is 14.7 Å². The van der Waals surface area contributed by atoms with Gasteiger partial charge in [0.2, 0.25) is 5.91 Å². The highest BCUT2D eigenvalue weighted by Crippen LogP contribution is 2.34. The number of likely N-dealkylation sites (tertiary alicyclic amines) is 1. The van der Waals surface area contributed by atoms with Crippen LogP contribution in [0.2, 0.25) is 0 Å².